The van der Waals surface area contributed by atoms with Gasteiger partial charge in [-0.25, -0.2) is 4.79 Å². The predicted octanol–water partition coefficient (Wildman–Crippen LogP) is 11.7. The number of unbranched alkanes of at least 4 members (excludes halogenated alkanes) is 1. The van der Waals surface area contributed by atoms with E-state index in [2.05, 4.69) is 70.2 Å². The second kappa shape index (κ2) is 31.0. The summed E-state index contributed by atoms with van der Waals surface area (Å²) in [7, 11) is -0.535. The summed E-state index contributed by atoms with van der Waals surface area (Å²) in [6.07, 6.45) is 3.25. The number of ketones is 2. The molecule has 77 heavy (non-hydrogen) atoms. The number of nitrogens with zero attached hydrogens (tertiary/aromatic N) is 1. The molecule has 0 unspecified atom stereocenters. The van der Waals surface area contributed by atoms with E-state index in [0.29, 0.717) is 75.8 Å². The van der Waals surface area contributed by atoms with Gasteiger partial charge in [0.05, 0.1) is 31.7 Å². The molecule has 0 radical (unpaired) electrons. The number of aliphatic imine (C=N–C) groups is 1. The number of Topliss-reactive ketones (excluding diaryl/α,β-unsaturated/α-hetero) is 2. The van der Waals surface area contributed by atoms with Gasteiger partial charge in [-0.15, -0.1) is 0 Å². The summed E-state index contributed by atoms with van der Waals surface area (Å²) in [6, 6.07) is 32.3. The second-order valence-corrected chi connectivity index (χ2v) is 24.0. The van der Waals surface area contributed by atoms with Gasteiger partial charge < -0.3 is 41.0 Å². The number of nitrogens with one attached hydrogen (secondary N) is 4. The monoisotopic (exact) mass is 1070 g/mol. The summed E-state index contributed by atoms with van der Waals surface area (Å²) in [5.41, 5.74) is 8.14. The number of amides is 3. The normalized spacial score (nSPS) is 13.1. The Bertz CT molecular complexity index is 2740. The van der Waals surface area contributed by atoms with Crippen molar-refractivity contribution in [1.82, 2.24) is 21.0 Å². The average Bonchev–Trinajstić information content (AvgIpc) is 3.39. The van der Waals surface area contributed by atoms with Crippen LogP contribution in [0.4, 0.5) is 4.79 Å². The van der Waals surface area contributed by atoms with Crippen LogP contribution in [0.2, 0.25) is 0 Å². The highest BCUT2D eigenvalue weighted by molar-refractivity contribution is 7.54. The average molecular weight is 1070 g/mol. The van der Waals surface area contributed by atoms with Crippen LogP contribution in [0.5, 0.6) is 11.5 Å². The van der Waals surface area contributed by atoms with Crippen LogP contribution >= 0.6 is 8.07 Å². The van der Waals surface area contributed by atoms with E-state index in [1.54, 1.807) is 20.8 Å². The van der Waals surface area contributed by atoms with Crippen molar-refractivity contribution >= 4 is 65.1 Å². The number of benzene rings is 5. The van der Waals surface area contributed by atoms with E-state index >= 15 is 0 Å². The number of nitrogens with two attached hydrogens (primary N) is 1. The Hall–Kier alpha value is -6.53. The van der Waals surface area contributed by atoms with Crippen molar-refractivity contribution in [2.24, 2.45) is 28.5 Å². The quantitative estimate of drug-likeness (QED) is 0.0123. The highest BCUT2D eigenvalue weighted by Gasteiger charge is 2.31. The Kier molecular flexibility index (Phi) is 24.7. The first-order chi connectivity index (χ1) is 36.8. The van der Waals surface area contributed by atoms with Gasteiger partial charge in [0, 0.05) is 43.0 Å². The molecule has 0 fully saturated rings. The van der Waals surface area contributed by atoms with Crippen molar-refractivity contribution in [3.63, 3.8) is 0 Å². The van der Waals surface area contributed by atoms with E-state index in [9.17, 15) is 24.0 Å². The third kappa shape index (κ3) is 21.1. The number of ether oxygens (including phenoxy) is 3. The maximum absolute atomic E-state index is 14.6. The van der Waals surface area contributed by atoms with Crippen LogP contribution < -0.4 is 36.2 Å². The third-order valence-electron chi connectivity index (χ3n) is 12.9. The van der Waals surface area contributed by atoms with Crippen molar-refractivity contribution in [3.05, 3.63) is 109 Å². The number of fused-ring (bicyclic) bond motifs is 2. The maximum atomic E-state index is 14.6. The van der Waals surface area contributed by atoms with Crippen molar-refractivity contribution in [3.8, 4) is 22.6 Å². The minimum absolute atomic E-state index is 0.0774. The topological polar surface area (TPSA) is 200 Å². The van der Waals surface area contributed by atoms with Crippen molar-refractivity contribution in [1.29, 1.82) is 0 Å². The summed E-state index contributed by atoms with van der Waals surface area (Å²) in [5, 5.41) is 16.1. The van der Waals surface area contributed by atoms with Gasteiger partial charge in [0.2, 0.25) is 11.8 Å². The summed E-state index contributed by atoms with van der Waals surface area (Å²) in [6.45, 7) is 19.2. The van der Waals surface area contributed by atoms with Gasteiger partial charge >= 0.3 is 6.09 Å². The van der Waals surface area contributed by atoms with Crippen LogP contribution in [0.1, 0.15) is 118 Å². The van der Waals surface area contributed by atoms with Gasteiger partial charge in [-0.1, -0.05) is 119 Å². The van der Waals surface area contributed by atoms with Gasteiger partial charge in [-0.05, 0) is 145 Å². The Morgan fingerprint density at radius 2 is 1.26 bits per heavy atom. The molecule has 14 nitrogen and oxygen atoms in total. The number of rotatable bonds is 31. The zero-order valence-corrected chi connectivity index (χ0v) is 47.9. The number of hydrogen-bond acceptors (Lipinski definition) is 9. The zero-order chi connectivity index (χ0) is 55.9. The lowest BCUT2D eigenvalue weighted by atomic mass is 9.89. The first-order valence-electron chi connectivity index (χ1n) is 27.5. The molecule has 5 aromatic carbocycles. The minimum Gasteiger partial charge on any atom is -0.493 e. The van der Waals surface area contributed by atoms with Gasteiger partial charge in [-0.3, -0.25) is 24.2 Å². The molecule has 0 aliphatic carbocycles. The fourth-order valence-electron chi connectivity index (χ4n) is 9.13. The van der Waals surface area contributed by atoms with Crippen LogP contribution in [0, 0.1) is 17.8 Å². The Morgan fingerprint density at radius 3 is 1.86 bits per heavy atom. The molecule has 5 aromatic rings. The maximum Gasteiger partial charge on any atom is 0.407 e. The van der Waals surface area contributed by atoms with Crippen molar-refractivity contribution in [2.45, 2.75) is 137 Å². The summed E-state index contributed by atoms with van der Waals surface area (Å²) in [4.78, 5) is 73.6. The molecule has 0 aromatic heterocycles. The first-order valence-corrected chi connectivity index (χ1v) is 29.7. The molecule has 0 saturated carbocycles. The molecule has 416 valence electrons. The van der Waals surface area contributed by atoms with Crippen molar-refractivity contribution in [2.75, 3.05) is 39.6 Å². The molecule has 0 saturated heterocycles. The molecule has 0 aliphatic rings. The molecular formula is C62H85N6O8P. The highest BCUT2D eigenvalue weighted by Crippen LogP contribution is 2.45. The van der Waals surface area contributed by atoms with E-state index in [1.807, 2.05) is 100.0 Å². The van der Waals surface area contributed by atoms with Gasteiger partial charge in [-0.2, -0.15) is 0 Å². The van der Waals surface area contributed by atoms with Crippen LogP contribution in [0.3, 0.4) is 0 Å². The number of carbonyl (C=O) groups excluding carboxylic acids is 5. The number of hydrogen-bond donors (Lipinski definition) is 5. The fraction of sp³-hybridized carbons (Fsp3) is 0.484. The lowest BCUT2D eigenvalue weighted by Crippen LogP contribution is -2.46. The molecule has 0 heterocycles. The minimum atomic E-state index is -0.887. The predicted molar refractivity (Wildman–Crippen MR) is 314 cm³/mol. The van der Waals surface area contributed by atoms with Crippen molar-refractivity contribution < 1.29 is 38.2 Å². The van der Waals surface area contributed by atoms with Crippen LogP contribution in [-0.2, 0) is 30.3 Å². The summed E-state index contributed by atoms with van der Waals surface area (Å²) >= 11 is 0. The summed E-state index contributed by atoms with van der Waals surface area (Å²) in [5.74, 6) is 0.326. The third-order valence-corrected chi connectivity index (χ3v) is 13.6. The standard InChI is InChI=1S/C62H85N6O8P/c1-42(2)34-38-75-55-33-31-46-24-14-16-27-49(46)58(55)57-48-26-15-13-23-45(48)30-32-54(57)74-37-20-29-52(69)50(28-17-18-35-65-61(73)76-62(5,6)7)67-59(72)47(25-19-36-64-60(63)68-77(8)9)41-53(70)51(39-43(3)4)66-56(71)40-44-21-11-10-12-22-44/h10-16,21-24,26-27,30-33,42-43,47,50-51H,17-20,25,28-29,34-41H2,1-9H3,(H,65,73)(H,66,71)(H,67,72)(H3,63,64,68)/t47-,50+,51+/m0/s1. The van der Waals surface area contributed by atoms with E-state index in [1.165, 1.54) is 0 Å². The lowest BCUT2D eigenvalue weighted by molar-refractivity contribution is -0.134. The first kappa shape index (κ1) is 61.3. The number of guanidine groups is 1. The van der Waals surface area contributed by atoms with Crippen LogP contribution in [0.15, 0.2) is 108 Å². The van der Waals surface area contributed by atoms with Crippen LogP contribution in [0.25, 0.3) is 32.7 Å². The highest BCUT2D eigenvalue weighted by atomic mass is 31.1. The van der Waals surface area contributed by atoms with E-state index in [0.717, 1.165) is 50.4 Å². The molecule has 15 heteroatoms. The van der Waals surface area contributed by atoms with E-state index in [4.69, 9.17) is 19.9 Å². The molecule has 0 bridgehead atoms. The summed E-state index contributed by atoms with van der Waals surface area (Å²) < 4.78 is 18.6. The fourth-order valence-corrected chi connectivity index (χ4v) is 9.66. The second-order valence-electron chi connectivity index (χ2n) is 21.9. The molecule has 3 atom stereocenters. The smallest absolute Gasteiger partial charge is 0.407 e. The number of carbonyl (C=O) groups is 5. The van der Waals surface area contributed by atoms with Gasteiger partial charge in [0.1, 0.15) is 17.1 Å². The Morgan fingerprint density at radius 1 is 0.649 bits per heavy atom. The molecule has 3 amide bonds. The molecule has 5 rings (SSSR count). The Balaban J connectivity index is 1.37. The molecule has 6 N–H and O–H groups in total. The molecule has 0 spiro atoms. The molecular weight excluding hydrogens is 988 g/mol. The van der Waals surface area contributed by atoms with Crippen LogP contribution in [-0.4, -0.2) is 92.8 Å². The zero-order valence-electron chi connectivity index (χ0n) is 47.0. The Labute approximate surface area is 458 Å². The molecule has 0 aliphatic heterocycles. The van der Waals surface area contributed by atoms with Gasteiger partial charge in [0.25, 0.3) is 0 Å². The van der Waals surface area contributed by atoms with E-state index in [-0.39, 0.29) is 55.7 Å². The van der Waals surface area contributed by atoms with E-state index < -0.39 is 43.7 Å². The SMILES string of the molecule is CC(C)CCOc1ccc2ccccc2c1-c1c(OCCCC(=O)[C@@H](CCCCNC(=O)OC(C)(C)C)NC(=O)[C@@H](CCCN=C(N)NP(C)C)CC(=O)[C@@H](CC(C)C)NC(=O)Cc2ccccc2)ccc2ccccc12. The lowest BCUT2D eigenvalue weighted by Gasteiger charge is -2.25. The number of alkyl carbamates (subject to hydrolysis) is 1. The van der Waals surface area contributed by atoms with Gasteiger partial charge in [0.15, 0.2) is 17.5 Å². The largest absolute Gasteiger partial charge is 0.493 e.